The highest BCUT2D eigenvalue weighted by molar-refractivity contribution is 5.77. The molecule has 9 heteroatoms. The Hall–Kier alpha value is -3.75. The molecule has 4 rings (SSSR count). The first-order chi connectivity index (χ1) is 15.3. The van der Waals surface area contributed by atoms with Gasteiger partial charge in [0.15, 0.2) is 0 Å². The SMILES string of the molecule is COc1cc(OC(C)(F)F)ccc1-c1ccc2c(c1)CN(CCc1ncccn1)C(=O)O2. The van der Waals surface area contributed by atoms with Gasteiger partial charge in [-0.1, -0.05) is 6.07 Å². The minimum atomic E-state index is -3.30. The summed E-state index contributed by atoms with van der Waals surface area (Å²) in [6.07, 6.45) is 0.0903. The molecule has 0 unspecified atom stereocenters. The maximum Gasteiger partial charge on any atom is 0.415 e. The van der Waals surface area contributed by atoms with Gasteiger partial charge in [-0.25, -0.2) is 14.8 Å². The van der Waals surface area contributed by atoms with Crippen LogP contribution in [-0.4, -0.2) is 40.7 Å². The zero-order chi connectivity index (χ0) is 22.7. The van der Waals surface area contributed by atoms with Crippen molar-refractivity contribution in [2.24, 2.45) is 0 Å². The lowest BCUT2D eigenvalue weighted by molar-refractivity contribution is -0.159. The summed E-state index contributed by atoms with van der Waals surface area (Å²) in [6.45, 7) is 1.45. The predicted octanol–water partition coefficient (Wildman–Crippen LogP) is 4.70. The lowest BCUT2D eigenvalue weighted by atomic mass is 10.0. The van der Waals surface area contributed by atoms with Gasteiger partial charge in [-0.15, -0.1) is 0 Å². The molecule has 0 spiro atoms. The van der Waals surface area contributed by atoms with Crippen molar-refractivity contribution in [3.8, 4) is 28.4 Å². The van der Waals surface area contributed by atoms with E-state index in [9.17, 15) is 13.6 Å². The summed E-state index contributed by atoms with van der Waals surface area (Å²) in [5.74, 6) is 1.51. The molecule has 0 saturated carbocycles. The van der Waals surface area contributed by atoms with Crippen LogP contribution in [-0.2, 0) is 13.0 Å². The molecule has 0 saturated heterocycles. The fourth-order valence-electron chi connectivity index (χ4n) is 3.44. The normalized spacial score (nSPS) is 13.4. The Bertz CT molecular complexity index is 1120. The van der Waals surface area contributed by atoms with Crippen molar-refractivity contribution in [1.29, 1.82) is 0 Å². The van der Waals surface area contributed by atoms with Gasteiger partial charge in [-0.2, -0.15) is 8.78 Å². The quantitative estimate of drug-likeness (QED) is 0.529. The summed E-state index contributed by atoms with van der Waals surface area (Å²) in [6, 6.07) is 11.6. The lowest BCUT2D eigenvalue weighted by Crippen LogP contribution is -2.38. The molecule has 1 aliphatic rings. The van der Waals surface area contributed by atoms with Gasteiger partial charge in [0, 0.05) is 49.5 Å². The number of carbonyl (C=O) groups is 1. The van der Waals surface area contributed by atoms with Crippen molar-refractivity contribution in [2.45, 2.75) is 26.0 Å². The van der Waals surface area contributed by atoms with E-state index in [1.54, 1.807) is 41.6 Å². The van der Waals surface area contributed by atoms with Gasteiger partial charge in [0.2, 0.25) is 0 Å². The van der Waals surface area contributed by atoms with E-state index in [1.807, 2.05) is 6.07 Å². The van der Waals surface area contributed by atoms with E-state index in [4.69, 9.17) is 9.47 Å². The van der Waals surface area contributed by atoms with E-state index >= 15 is 0 Å². The molecular weight excluding hydrogens is 420 g/mol. The van der Waals surface area contributed by atoms with Crippen LogP contribution in [0.2, 0.25) is 0 Å². The van der Waals surface area contributed by atoms with Crippen LogP contribution < -0.4 is 14.2 Å². The number of halogens is 2. The molecule has 1 amide bonds. The van der Waals surface area contributed by atoms with Crippen LogP contribution in [0.15, 0.2) is 54.9 Å². The molecule has 32 heavy (non-hydrogen) atoms. The molecule has 0 N–H and O–H groups in total. The van der Waals surface area contributed by atoms with Gasteiger partial charge >= 0.3 is 12.2 Å². The van der Waals surface area contributed by atoms with Gasteiger partial charge in [0.25, 0.3) is 0 Å². The highest BCUT2D eigenvalue weighted by atomic mass is 19.3. The van der Waals surface area contributed by atoms with Crippen molar-refractivity contribution < 1.29 is 27.8 Å². The number of benzene rings is 2. The van der Waals surface area contributed by atoms with Crippen LogP contribution in [0.1, 0.15) is 18.3 Å². The van der Waals surface area contributed by atoms with E-state index in [-0.39, 0.29) is 5.75 Å². The first-order valence-electron chi connectivity index (χ1n) is 9.93. The third kappa shape index (κ3) is 4.93. The number of fused-ring (bicyclic) bond motifs is 1. The van der Waals surface area contributed by atoms with E-state index in [1.165, 1.54) is 19.2 Å². The van der Waals surface area contributed by atoms with Crippen molar-refractivity contribution >= 4 is 6.09 Å². The van der Waals surface area contributed by atoms with E-state index in [0.29, 0.717) is 49.3 Å². The van der Waals surface area contributed by atoms with Crippen LogP contribution in [0.3, 0.4) is 0 Å². The molecule has 0 atom stereocenters. The van der Waals surface area contributed by atoms with Crippen molar-refractivity contribution in [2.75, 3.05) is 13.7 Å². The average molecular weight is 441 g/mol. The molecule has 0 bridgehead atoms. The number of hydrogen-bond donors (Lipinski definition) is 0. The van der Waals surface area contributed by atoms with Crippen LogP contribution in [0, 0.1) is 0 Å². The summed E-state index contributed by atoms with van der Waals surface area (Å²) in [4.78, 5) is 22.3. The Balaban J connectivity index is 1.55. The standard InChI is InChI=1S/C23H21F2N3O4/c1-23(24,25)32-17-5-6-18(20(13-17)30-2)15-4-7-19-16(12-15)14-28(22(29)31-19)11-8-21-26-9-3-10-27-21/h3-7,9-10,12-13H,8,11,14H2,1-2H3. The first-order valence-corrected chi connectivity index (χ1v) is 9.93. The molecule has 1 aromatic heterocycles. The Labute approximate surface area is 183 Å². The number of ether oxygens (including phenoxy) is 3. The van der Waals surface area contributed by atoms with Gasteiger partial charge in [0.05, 0.1) is 13.7 Å². The summed E-state index contributed by atoms with van der Waals surface area (Å²) >= 11 is 0. The van der Waals surface area contributed by atoms with Crippen molar-refractivity contribution in [3.63, 3.8) is 0 Å². The van der Waals surface area contributed by atoms with Crippen molar-refractivity contribution in [3.05, 3.63) is 66.2 Å². The molecule has 2 aromatic carbocycles. The van der Waals surface area contributed by atoms with Crippen LogP contribution in [0.4, 0.5) is 13.6 Å². The van der Waals surface area contributed by atoms with Crippen LogP contribution in [0.25, 0.3) is 11.1 Å². The second-order valence-electron chi connectivity index (χ2n) is 7.30. The number of amides is 1. The number of rotatable bonds is 7. The number of nitrogens with zero attached hydrogens (tertiary/aromatic N) is 3. The fraction of sp³-hybridized carbons (Fsp3) is 0.261. The summed E-state index contributed by atoms with van der Waals surface area (Å²) in [5.41, 5.74) is 2.31. The van der Waals surface area contributed by atoms with Crippen molar-refractivity contribution in [1.82, 2.24) is 14.9 Å². The minimum absolute atomic E-state index is 0.000652. The van der Waals surface area contributed by atoms with Gasteiger partial charge < -0.3 is 19.1 Å². The minimum Gasteiger partial charge on any atom is -0.496 e. The topological polar surface area (TPSA) is 73.8 Å². The zero-order valence-electron chi connectivity index (χ0n) is 17.5. The van der Waals surface area contributed by atoms with E-state index in [0.717, 1.165) is 11.1 Å². The number of alkyl halides is 2. The Morgan fingerprint density at radius 2 is 1.94 bits per heavy atom. The van der Waals surface area contributed by atoms with Gasteiger partial charge in [-0.05, 0) is 35.9 Å². The molecule has 3 aromatic rings. The monoisotopic (exact) mass is 441 g/mol. The molecule has 2 heterocycles. The fourth-order valence-corrected chi connectivity index (χ4v) is 3.44. The second-order valence-corrected chi connectivity index (χ2v) is 7.30. The number of hydrogen-bond acceptors (Lipinski definition) is 6. The van der Waals surface area contributed by atoms with Gasteiger partial charge in [0.1, 0.15) is 23.1 Å². The number of aromatic nitrogens is 2. The largest absolute Gasteiger partial charge is 0.496 e. The number of methoxy groups -OCH3 is 1. The summed E-state index contributed by atoms with van der Waals surface area (Å²) < 4.78 is 41.8. The third-order valence-electron chi connectivity index (χ3n) is 4.88. The van der Waals surface area contributed by atoms with Crippen LogP contribution in [0.5, 0.6) is 17.2 Å². The first kappa shape index (κ1) is 21.5. The molecular formula is C23H21F2N3O4. The molecule has 166 valence electrons. The van der Waals surface area contributed by atoms with E-state index in [2.05, 4.69) is 14.7 Å². The summed E-state index contributed by atoms with van der Waals surface area (Å²) in [5, 5.41) is 0. The Kier molecular flexibility index (Phi) is 5.89. The maximum absolute atomic E-state index is 13.2. The molecule has 0 fully saturated rings. The lowest BCUT2D eigenvalue weighted by Gasteiger charge is -2.28. The summed E-state index contributed by atoms with van der Waals surface area (Å²) in [7, 11) is 1.46. The third-order valence-corrected chi connectivity index (χ3v) is 4.88. The highest BCUT2D eigenvalue weighted by Crippen LogP contribution is 2.37. The average Bonchev–Trinajstić information content (AvgIpc) is 2.77. The van der Waals surface area contributed by atoms with Crippen LogP contribution >= 0.6 is 0 Å². The molecule has 1 aliphatic heterocycles. The van der Waals surface area contributed by atoms with Gasteiger partial charge in [-0.3, -0.25) is 0 Å². The molecule has 0 radical (unpaired) electrons. The Morgan fingerprint density at radius 3 is 2.66 bits per heavy atom. The Morgan fingerprint density at radius 1 is 1.16 bits per heavy atom. The maximum atomic E-state index is 13.2. The predicted molar refractivity (Wildman–Crippen MR) is 112 cm³/mol. The molecule has 7 nitrogen and oxygen atoms in total. The molecule has 0 aliphatic carbocycles. The smallest absolute Gasteiger partial charge is 0.415 e. The highest BCUT2D eigenvalue weighted by Gasteiger charge is 2.26. The zero-order valence-corrected chi connectivity index (χ0v) is 17.5. The second kappa shape index (κ2) is 8.78. The van der Waals surface area contributed by atoms with E-state index < -0.39 is 12.2 Å². The number of carbonyl (C=O) groups excluding carboxylic acids is 1.